The van der Waals surface area contributed by atoms with Crippen LogP contribution in [0.4, 0.5) is 0 Å². The second kappa shape index (κ2) is 5.32. The zero-order valence-corrected chi connectivity index (χ0v) is 11.2. The van der Waals surface area contributed by atoms with Crippen LogP contribution >= 0.6 is 11.3 Å². The molecule has 2 aromatic rings. The third kappa shape index (κ3) is 2.60. The van der Waals surface area contributed by atoms with Gasteiger partial charge in [-0.05, 0) is 13.0 Å². The number of carbonyl (C=O) groups excluding carboxylic acids is 1. The average Bonchev–Trinajstić information content (AvgIpc) is 2.98. The molecule has 0 aliphatic heterocycles. The fraction of sp³-hybridized carbons (Fsp3) is 0.333. The molecule has 2 rings (SSSR count). The van der Waals surface area contributed by atoms with Crippen LogP contribution in [0, 0.1) is 6.92 Å². The van der Waals surface area contributed by atoms with E-state index in [1.165, 1.54) is 11.3 Å². The summed E-state index contributed by atoms with van der Waals surface area (Å²) in [4.78, 5) is 17.9. The van der Waals surface area contributed by atoms with Crippen molar-refractivity contribution in [2.45, 2.75) is 20.0 Å². The molecule has 0 aromatic carbocycles. The number of nitrogens with two attached hydrogens (primary N) is 1. The van der Waals surface area contributed by atoms with Gasteiger partial charge in [-0.3, -0.25) is 4.79 Å². The average molecular weight is 265 g/mol. The molecule has 0 fully saturated rings. The van der Waals surface area contributed by atoms with Crippen molar-refractivity contribution in [3.8, 4) is 0 Å². The van der Waals surface area contributed by atoms with Crippen LogP contribution in [0.3, 0.4) is 0 Å². The Kier molecular flexibility index (Phi) is 3.78. The molecule has 0 aliphatic carbocycles. The van der Waals surface area contributed by atoms with Crippen LogP contribution in [-0.4, -0.2) is 22.8 Å². The summed E-state index contributed by atoms with van der Waals surface area (Å²) in [5.74, 6) is 0.724. The molecule has 0 aliphatic rings. The molecule has 2 heterocycles. The number of thiazole rings is 1. The standard InChI is InChI=1S/C12H15N3O2S/c1-8-9(3-4-17-8)6-15(2)12(16)10-7-18-11(5-13)14-10/h3-4,7H,5-6,13H2,1-2H3. The number of aryl methyl sites for hydroxylation is 1. The Balaban J connectivity index is 2.07. The molecule has 0 radical (unpaired) electrons. The maximum atomic E-state index is 12.1. The van der Waals surface area contributed by atoms with Gasteiger partial charge in [-0.15, -0.1) is 11.3 Å². The van der Waals surface area contributed by atoms with E-state index in [4.69, 9.17) is 10.2 Å². The highest BCUT2D eigenvalue weighted by atomic mass is 32.1. The fourth-order valence-corrected chi connectivity index (χ4v) is 2.25. The normalized spacial score (nSPS) is 10.6. The summed E-state index contributed by atoms with van der Waals surface area (Å²) in [6.07, 6.45) is 1.62. The highest BCUT2D eigenvalue weighted by Gasteiger charge is 2.16. The van der Waals surface area contributed by atoms with Gasteiger partial charge in [0, 0.05) is 31.1 Å². The molecular formula is C12H15N3O2S. The van der Waals surface area contributed by atoms with E-state index in [0.717, 1.165) is 16.3 Å². The SMILES string of the molecule is Cc1occc1CN(C)C(=O)c1csc(CN)n1. The van der Waals surface area contributed by atoms with Crippen molar-refractivity contribution in [2.24, 2.45) is 5.73 Å². The molecule has 6 heteroatoms. The van der Waals surface area contributed by atoms with Crippen LogP contribution in [0.25, 0.3) is 0 Å². The number of furan rings is 1. The van der Waals surface area contributed by atoms with E-state index >= 15 is 0 Å². The van der Waals surface area contributed by atoms with Crippen molar-refractivity contribution >= 4 is 17.2 Å². The van der Waals surface area contributed by atoms with E-state index in [0.29, 0.717) is 18.8 Å². The van der Waals surface area contributed by atoms with Crippen molar-refractivity contribution in [2.75, 3.05) is 7.05 Å². The third-order valence-corrected chi connectivity index (χ3v) is 3.54. The van der Waals surface area contributed by atoms with Gasteiger partial charge in [0.15, 0.2) is 0 Å². The molecule has 0 saturated carbocycles. The smallest absolute Gasteiger partial charge is 0.273 e. The van der Waals surface area contributed by atoms with Crippen molar-refractivity contribution in [3.05, 3.63) is 39.7 Å². The molecule has 0 bridgehead atoms. The second-order valence-electron chi connectivity index (χ2n) is 3.99. The minimum Gasteiger partial charge on any atom is -0.469 e. The molecule has 96 valence electrons. The Morgan fingerprint density at radius 1 is 1.61 bits per heavy atom. The first-order valence-corrected chi connectivity index (χ1v) is 6.42. The molecule has 1 amide bonds. The first kappa shape index (κ1) is 12.8. The lowest BCUT2D eigenvalue weighted by atomic mass is 10.2. The Morgan fingerprint density at radius 3 is 2.94 bits per heavy atom. The summed E-state index contributed by atoms with van der Waals surface area (Å²) < 4.78 is 5.20. The van der Waals surface area contributed by atoms with E-state index < -0.39 is 0 Å². The minimum absolute atomic E-state index is 0.105. The van der Waals surface area contributed by atoms with Crippen LogP contribution < -0.4 is 5.73 Å². The highest BCUT2D eigenvalue weighted by molar-refractivity contribution is 7.09. The lowest BCUT2D eigenvalue weighted by Crippen LogP contribution is -2.26. The lowest BCUT2D eigenvalue weighted by molar-refractivity contribution is 0.0779. The molecule has 0 spiro atoms. The summed E-state index contributed by atoms with van der Waals surface area (Å²) in [5.41, 5.74) is 6.93. The zero-order chi connectivity index (χ0) is 13.1. The summed E-state index contributed by atoms with van der Waals surface area (Å²) in [6.45, 7) is 2.75. The Bertz CT molecular complexity index is 547. The van der Waals surface area contributed by atoms with E-state index in [1.807, 2.05) is 13.0 Å². The summed E-state index contributed by atoms with van der Waals surface area (Å²) in [5, 5.41) is 2.51. The summed E-state index contributed by atoms with van der Waals surface area (Å²) >= 11 is 1.40. The minimum atomic E-state index is -0.105. The van der Waals surface area contributed by atoms with E-state index in [2.05, 4.69) is 4.98 Å². The van der Waals surface area contributed by atoms with Gasteiger partial charge in [0.25, 0.3) is 5.91 Å². The summed E-state index contributed by atoms with van der Waals surface area (Å²) in [7, 11) is 1.75. The van der Waals surface area contributed by atoms with E-state index in [1.54, 1.807) is 23.6 Å². The van der Waals surface area contributed by atoms with Gasteiger partial charge in [0.05, 0.1) is 6.26 Å². The Hall–Kier alpha value is -1.66. The lowest BCUT2D eigenvalue weighted by Gasteiger charge is -2.15. The first-order chi connectivity index (χ1) is 8.61. The van der Waals surface area contributed by atoms with Gasteiger partial charge in [-0.25, -0.2) is 4.98 Å². The van der Waals surface area contributed by atoms with Gasteiger partial charge in [0.1, 0.15) is 16.5 Å². The fourth-order valence-electron chi connectivity index (χ4n) is 1.60. The molecule has 0 unspecified atom stereocenters. The summed E-state index contributed by atoms with van der Waals surface area (Å²) in [6, 6.07) is 1.87. The molecule has 2 N–H and O–H groups in total. The number of amides is 1. The number of hydrogen-bond donors (Lipinski definition) is 1. The Labute approximate surface area is 109 Å². The third-order valence-electron chi connectivity index (χ3n) is 2.67. The predicted octanol–water partition coefficient (Wildman–Crippen LogP) is 1.78. The molecule has 0 atom stereocenters. The monoisotopic (exact) mass is 265 g/mol. The second-order valence-corrected chi connectivity index (χ2v) is 4.94. The first-order valence-electron chi connectivity index (χ1n) is 5.54. The van der Waals surface area contributed by atoms with Crippen LogP contribution in [0.2, 0.25) is 0 Å². The quantitative estimate of drug-likeness (QED) is 0.914. The van der Waals surface area contributed by atoms with Crippen LogP contribution in [0.15, 0.2) is 22.1 Å². The van der Waals surface area contributed by atoms with Crippen molar-refractivity contribution < 1.29 is 9.21 Å². The van der Waals surface area contributed by atoms with Gasteiger partial charge >= 0.3 is 0 Å². The number of aromatic nitrogens is 1. The van der Waals surface area contributed by atoms with E-state index in [-0.39, 0.29) is 5.91 Å². The van der Waals surface area contributed by atoms with Gasteiger partial charge in [0.2, 0.25) is 0 Å². The van der Waals surface area contributed by atoms with Crippen LogP contribution in [0.5, 0.6) is 0 Å². The van der Waals surface area contributed by atoms with Crippen molar-refractivity contribution in [1.82, 2.24) is 9.88 Å². The number of rotatable bonds is 4. The number of carbonyl (C=O) groups is 1. The molecular weight excluding hydrogens is 250 g/mol. The van der Waals surface area contributed by atoms with E-state index in [9.17, 15) is 4.79 Å². The van der Waals surface area contributed by atoms with Crippen LogP contribution in [0.1, 0.15) is 26.8 Å². The zero-order valence-electron chi connectivity index (χ0n) is 10.3. The van der Waals surface area contributed by atoms with Crippen LogP contribution in [-0.2, 0) is 13.1 Å². The van der Waals surface area contributed by atoms with Crippen molar-refractivity contribution in [1.29, 1.82) is 0 Å². The van der Waals surface area contributed by atoms with Crippen molar-refractivity contribution in [3.63, 3.8) is 0 Å². The molecule has 18 heavy (non-hydrogen) atoms. The molecule has 5 nitrogen and oxygen atoms in total. The highest BCUT2D eigenvalue weighted by Crippen LogP contribution is 2.14. The number of hydrogen-bond acceptors (Lipinski definition) is 5. The maximum absolute atomic E-state index is 12.1. The van der Waals surface area contributed by atoms with Gasteiger partial charge in [-0.2, -0.15) is 0 Å². The number of nitrogens with zero attached hydrogens (tertiary/aromatic N) is 2. The molecule has 0 saturated heterocycles. The topological polar surface area (TPSA) is 72.4 Å². The maximum Gasteiger partial charge on any atom is 0.273 e. The largest absolute Gasteiger partial charge is 0.469 e. The molecule has 2 aromatic heterocycles. The predicted molar refractivity (Wildman–Crippen MR) is 69.2 cm³/mol. The Morgan fingerprint density at radius 2 is 2.39 bits per heavy atom. The van der Waals surface area contributed by atoms with Gasteiger partial charge in [-0.1, -0.05) is 0 Å². The van der Waals surface area contributed by atoms with Gasteiger partial charge < -0.3 is 15.1 Å².